The minimum Gasteiger partial charge on any atom is -0.481 e. The van der Waals surface area contributed by atoms with Crippen molar-refractivity contribution in [3.63, 3.8) is 0 Å². The van der Waals surface area contributed by atoms with Gasteiger partial charge in [-0.1, -0.05) is 31.2 Å². The van der Waals surface area contributed by atoms with Crippen molar-refractivity contribution in [2.45, 2.75) is 32.3 Å². The van der Waals surface area contributed by atoms with Crippen LogP contribution in [0.1, 0.15) is 24.5 Å². The van der Waals surface area contributed by atoms with Crippen molar-refractivity contribution in [2.24, 2.45) is 0 Å². The Bertz CT molecular complexity index is 956. The highest BCUT2D eigenvalue weighted by molar-refractivity contribution is 6.06. The van der Waals surface area contributed by atoms with Gasteiger partial charge in [-0.25, -0.2) is 4.39 Å². The molecule has 3 nitrogen and oxygen atoms in total. The van der Waals surface area contributed by atoms with Crippen LogP contribution in [0.5, 0.6) is 5.75 Å². The van der Waals surface area contributed by atoms with Crippen molar-refractivity contribution in [3.8, 4) is 5.75 Å². The molecule has 0 spiro atoms. The van der Waals surface area contributed by atoms with Crippen molar-refractivity contribution in [3.05, 3.63) is 71.5 Å². The maximum Gasteiger partial charge on any atom is 0.265 e. The van der Waals surface area contributed by atoms with E-state index >= 15 is 0 Å². The van der Waals surface area contributed by atoms with Crippen LogP contribution in [0.15, 0.2) is 54.6 Å². The molecule has 0 heterocycles. The van der Waals surface area contributed by atoms with Gasteiger partial charge >= 0.3 is 0 Å². The van der Waals surface area contributed by atoms with Crippen LogP contribution in [0.2, 0.25) is 0 Å². The molecule has 0 bridgehead atoms. The summed E-state index contributed by atoms with van der Waals surface area (Å²) < 4.78 is 18.8. The Morgan fingerprint density at radius 3 is 2.54 bits per heavy atom. The molecule has 26 heavy (non-hydrogen) atoms. The van der Waals surface area contributed by atoms with Crippen LogP contribution >= 0.6 is 0 Å². The summed E-state index contributed by atoms with van der Waals surface area (Å²) in [5.74, 6) is -0.0490. The lowest BCUT2D eigenvalue weighted by Crippen LogP contribution is -2.32. The Morgan fingerprint density at radius 1 is 1.08 bits per heavy atom. The molecule has 0 aliphatic heterocycles. The molecule has 1 aliphatic carbocycles. The Balaban J connectivity index is 1.57. The maximum atomic E-state index is 13.0. The van der Waals surface area contributed by atoms with E-state index in [0.717, 1.165) is 23.9 Å². The number of benzene rings is 3. The third-order valence-electron chi connectivity index (χ3n) is 4.89. The van der Waals surface area contributed by atoms with Crippen molar-refractivity contribution in [2.75, 3.05) is 5.32 Å². The molecule has 3 aromatic rings. The van der Waals surface area contributed by atoms with Crippen LogP contribution in [-0.2, 0) is 17.6 Å². The van der Waals surface area contributed by atoms with Crippen LogP contribution < -0.4 is 10.1 Å². The number of carbonyl (C=O) groups excluding carboxylic acids is 1. The molecule has 0 saturated carbocycles. The molecule has 0 radical (unpaired) electrons. The molecule has 1 atom stereocenters. The van der Waals surface area contributed by atoms with Gasteiger partial charge in [0.1, 0.15) is 11.6 Å². The van der Waals surface area contributed by atoms with Crippen LogP contribution in [0, 0.1) is 5.82 Å². The SMILES string of the molecule is CC[C@@H](Oc1ccc(F)cc1)C(=O)Nc1ccc2c3c(cccc13)CC2. The van der Waals surface area contributed by atoms with Crippen molar-refractivity contribution >= 4 is 22.4 Å². The van der Waals surface area contributed by atoms with Gasteiger partial charge in [0, 0.05) is 11.1 Å². The molecule has 1 N–H and O–H groups in total. The maximum absolute atomic E-state index is 13.0. The lowest BCUT2D eigenvalue weighted by atomic mass is 10.0. The second-order valence-corrected chi connectivity index (χ2v) is 6.57. The van der Waals surface area contributed by atoms with E-state index in [2.05, 4.69) is 17.4 Å². The lowest BCUT2D eigenvalue weighted by Gasteiger charge is -2.18. The van der Waals surface area contributed by atoms with E-state index in [1.807, 2.05) is 25.1 Å². The molecule has 132 valence electrons. The summed E-state index contributed by atoms with van der Waals surface area (Å²) in [4.78, 5) is 12.7. The van der Waals surface area contributed by atoms with E-state index in [0.29, 0.717) is 12.2 Å². The second-order valence-electron chi connectivity index (χ2n) is 6.57. The van der Waals surface area contributed by atoms with Gasteiger partial charge in [0.15, 0.2) is 6.10 Å². The molecular weight excluding hydrogens is 329 g/mol. The molecule has 1 amide bonds. The van der Waals surface area contributed by atoms with Gasteiger partial charge in [-0.2, -0.15) is 0 Å². The quantitative estimate of drug-likeness (QED) is 0.713. The molecule has 0 fully saturated rings. The number of hydrogen-bond donors (Lipinski definition) is 1. The number of amides is 1. The minimum absolute atomic E-state index is 0.199. The number of carbonyl (C=O) groups is 1. The first-order chi connectivity index (χ1) is 12.7. The molecule has 1 aliphatic rings. The standard InChI is InChI=1S/C22H20FNO2/c1-2-20(26-17-11-9-16(23)10-12-17)22(25)24-19-13-8-15-7-6-14-4-3-5-18(19)21(14)15/h3-5,8-13,20H,2,6-7H2,1H3,(H,24,25)/t20-/m1/s1. The molecule has 0 aromatic heterocycles. The fraction of sp³-hybridized carbons (Fsp3) is 0.227. The normalized spacial score (nSPS) is 13.6. The summed E-state index contributed by atoms with van der Waals surface area (Å²) in [6.45, 7) is 1.89. The summed E-state index contributed by atoms with van der Waals surface area (Å²) in [7, 11) is 0. The van der Waals surface area contributed by atoms with Crippen molar-refractivity contribution in [1.29, 1.82) is 0 Å². The third-order valence-corrected chi connectivity index (χ3v) is 4.89. The van der Waals surface area contributed by atoms with Crippen molar-refractivity contribution in [1.82, 2.24) is 0 Å². The van der Waals surface area contributed by atoms with E-state index in [-0.39, 0.29) is 11.7 Å². The van der Waals surface area contributed by atoms with Crippen LogP contribution in [-0.4, -0.2) is 12.0 Å². The number of hydrogen-bond acceptors (Lipinski definition) is 2. The van der Waals surface area contributed by atoms with E-state index in [9.17, 15) is 9.18 Å². The predicted octanol–water partition coefficient (Wildman–Crippen LogP) is 4.87. The number of rotatable bonds is 5. The van der Waals surface area contributed by atoms with Gasteiger partial charge < -0.3 is 10.1 Å². The summed E-state index contributed by atoms with van der Waals surface area (Å²) in [5, 5.41) is 5.35. The zero-order chi connectivity index (χ0) is 18.1. The van der Waals surface area contributed by atoms with Crippen LogP contribution in [0.25, 0.3) is 10.8 Å². The van der Waals surface area contributed by atoms with Gasteiger partial charge in [-0.3, -0.25) is 4.79 Å². The van der Waals surface area contributed by atoms with Gasteiger partial charge in [0.25, 0.3) is 5.91 Å². The second kappa shape index (κ2) is 6.79. The van der Waals surface area contributed by atoms with Gasteiger partial charge in [-0.05, 0) is 66.1 Å². The predicted molar refractivity (Wildman–Crippen MR) is 101 cm³/mol. The largest absolute Gasteiger partial charge is 0.481 e. The highest BCUT2D eigenvalue weighted by Gasteiger charge is 2.21. The van der Waals surface area contributed by atoms with Crippen LogP contribution in [0.4, 0.5) is 10.1 Å². The molecular formula is C22H20FNO2. The van der Waals surface area contributed by atoms with Gasteiger partial charge in [0.2, 0.25) is 0 Å². The molecule has 4 rings (SSSR count). The fourth-order valence-corrected chi connectivity index (χ4v) is 3.57. The smallest absolute Gasteiger partial charge is 0.265 e. The average molecular weight is 349 g/mol. The molecule has 0 unspecified atom stereocenters. The summed E-state index contributed by atoms with van der Waals surface area (Å²) >= 11 is 0. The van der Waals surface area contributed by atoms with Gasteiger partial charge in [-0.15, -0.1) is 0 Å². The zero-order valence-corrected chi connectivity index (χ0v) is 14.6. The number of ether oxygens (including phenoxy) is 1. The first kappa shape index (κ1) is 16.6. The summed E-state index contributed by atoms with van der Waals surface area (Å²) in [6, 6.07) is 16.0. The first-order valence-electron chi connectivity index (χ1n) is 8.92. The number of nitrogens with one attached hydrogen (secondary N) is 1. The number of halogens is 1. The Morgan fingerprint density at radius 2 is 1.81 bits per heavy atom. The Labute approximate surface area is 151 Å². The highest BCUT2D eigenvalue weighted by atomic mass is 19.1. The summed E-state index contributed by atoms with van der Waals surface area (Å²) in [6.07, 6.45) is 1.98. The lowest BCUT2D eigenvalue weighted by molar-refractivity contribution is -0.122. The van der Waals surface area contributed by atoms with Crippen LogP contribution in [0.3, 0.4) is 0 Å². The minimum atomic E-state index is -0.636. The average Bonchev–Trinajstić information content (AvgIpc) is 3.08. The Kier molecular flexibility index (Phi) is 4.33. The van der Waals surface area contributed by atoms with E-state index < -0.39 is 6.10 Å². The molecule has 4 heteroatoms. The van der Waals surface area contributed by atoms with Crippen molar-refractivity contribution < 1.29 is 13.9 Å². The topological polar surface area (TPSA) is 38.3 Å². The van der Waals surface area contributed by atoms with Gasteiger partial charge in [0.05, 0.1) is 0 Å². The number of aryl methyl sites for hydroxylation is 2. The molecule has 0 saturated heterocycles. The monoisotopic (exact) mass is 349 g/mol. The highest BCUT2D eigenvalue weighted by Crippen LogP contribution is 2.35. The zero-order valence-electron chi connectivity index (χ0n) is 14.6. The molecule has 3 aromatic carbocycles. The number of anilines is 1. The summed E-state index contributed by atoms with van der Waals surface area (Å²) in [5.41, 5.74) is 3.48. The van der Waals surface area contributed by atoms with E-state index in [4.69, 9.17) is 4.74 Å². The third kappa shape index (κ3) is 3.03. The van der Waals surface area contributed by atoms with E-state index in [1.54, 1.807) is 0 Å². The Hall–Kier alpha value is -2.88. The first-order valence-corrected chi connectivity index (χ1v) is 8.92. The fourth-order valence-electron chi connectivity index (χ4n) is 3.57. The van der Waals surface area contributed by atoms with E-state index in [1.165, 1.54) is 40.8 Å².